The van der Waals surface area contributed by atoms with Crippen molar-refractivity contribution in [3.05, 3.63) is 70.8 Å². The summed E-state index contributed by atoms with van der Waals surface area (Å²) in [5, 5.41) is 0. The molecule has 7 heteroatoms. The topological polar surface area (TPSA) is 82.1 Å². The van der Waals surface area contributed by atoms with Crippen molar-refractivity contribution in [3.8, 4) is 0 Å². The molecule has 2 aliphatic rings. The van der Waals surface area contributed by atoms with E-state index in [1.807, 2.05) is 30.3 Å². The fourth-order valence-corrected chi connectivity index (χ4v) is 4.45. The van der Waals surface area contributed by atoms with Crippen molar-refractivity contribution in [1.82, 2.24) is 4.90 Å². The van der Waals surface area contributed by atoms with Crippen LogP contribution in [0.15, 0.2) is 48.5 Å². The van der Waals surface area contributed by atoms with Crippen LogP contribution in [0.25, 0.3) is 0 Å². The maximum atomic E-state index is 12.4. The monoisotopic (exact) mass is 481 g/mol. The molecule has 0 N–H and O–H groups in total. The number of fused-ring (bicyclic) bond motifs is 2. The molecule has 1 heterocycles. The van der Waals surface area contributed by atoms with Crippen molar-refractivity contribution in [3.63, 3.8) is 0 Å². The van der Waals surface area contributed by atoms with Crippen LogP contribution in [0.5, 0.6) is 0 Å². The third kappa shape index (κ3) is 6.84. The third-order valence-electron chi connectivity index (χ3n) is 6.23. The lowest BCUT2D eigenvalue weighted by Gasteiger charge is -2.36. The van der Waals surface area contributed by atoms with E-state index in [1.165, 1.54) is 30.2 Å². The first-order chi connectivity index (χ1) is 16.6. The first-order valence-electron chi connectivity index (χ1n) is 11.9. The Hall–Kier alpha value is -3.35. The Morgan fingerprint density at radius 3 is 1.91 bits per heavy atom. The van der Waals surface area contributed by atoms with E-state index in [1.54, 1.807) is 20.8 Å². The van der Waals surface area contributed by atoms with Gasteiger partial charge in [0.1, 0.15) is 11.6 Å². The highest BCUT2D eigenvalue weighted by molar-refractivity contribution is 5.82. The number of ether oxygens (including phenoxy) is 3. The number of benzene rings is 2. The number of hydrogen-bond donors (Lipinski definition) is 0. The van der Waals surface area contributed by atoms with Gasteiger partial charge < -0.3 is 14.2 Å². The molecule has 0 saturated heterocycles. The van der Waals surface area contributed by atoms with Crippen molar-refractivity contribution >= 4 is 18.0 Å². The van der Waals surface area contributed by atoms with Gasteiger partial charge in [0.15, 0.2) is 0 Å². The van der Waals surface area contributed by atoms with E-state index in [0.717, 1.165) is 30.4 Å². The second-order valence-electron chi connectivity index (χ2n) is 9.85. The largest absolute Gasteiger partial charge is 0.469 e. The number of esters is 2. The Morgan fingerprint density at radius 1 is 0.800 bits per heavy atom. The summed E-state index contributed by atoms with van der Waals surface area (Å²) >= 11 is 0. The number of carbonyl (C=O) groups is 3. The molecule has 35 heavy (non-hydrogen) atoms. The van der Waals surface area contributed by atoms with Gasteiger partial charge in [-0.25, -0.2) is 9.59 Å². The van der Waals surface area contributed by atoms with E-state index >= 15 is 0 Å². The molecule has 0 saturated carbocycles. The molecule has 4 rings (SSSR count). The van der Waals surface area contributed by atoms with E-state index in [9.17, 15) is 14.4 Å². The summed E-state index contributed by atoms with van der Waals surface area (Å²) < 4.78 is 15.0. The summed E-state index contributed by atoms with van der Waals surface area (Å²) in [5.41, 5.74) is 4.17. The quantitative estimate of drug-likeness (QED) is 0.465. The summed E-state index contributed by atoms with van der Waals surface area (Å²) in [6, 6.07) is 15.5. The van der Waals surface area contributed by atoms with Gasteiger partial charge in [0.2, 0.25) is 0 Å². The van der Waals surface area contributed by atoms with Crippen LogP contribution in [-0.2, 0) is 49.6 Å². The Balaban J connectivity index is 0.000000211. The molecular weight excluding hydrogens is 446 g/mol. The fraction of sp³-hybridized carbons (Fsp3) is 0.464. The zero-order valence-corrected chi connectivity index (χ0v) is 21.2. The number of rotatable bonds is 2. The zero-order valence-electron chi connectivity index (χ0n) is 21.2. The number of methoxy groups -OCH3 is 2. The van der Waals surface area contributed by atoms with Gasteiger partial charge in [-0.15, -0.1) is 0 Å². The second-order valence-corrected chi connectivity index (χ2v) is 9.85. The summed E-state index contributed by atoms with van der Waals surface area (Å²) in [6.07, 6.45) is 2.71. The Bertz CT molecular complexity index is 1060. The molecule has 2 unspecified atom stereocenters. The van der Waals surface area contributed by atoms with Crippen molar-refractivity contribution < 1.29 is 28.6 Å². The predicted octanol–water partition coefficient (Wildman–Crippen LogP) is 4.49. The van der Waals surface area contributed by atoms with Crippen molar-refractivity contribution in [2.45, 2.75) is 64.6 Å². The van der Waals surface area contributed by atoms with E-state index in [-0.39, 0.29) is 11.9 Å². The second kappa shape index (κ2) is 11.4. The van der Waals surface area contributed by atoms with Gasteiger partial charge in [0, 0.05) is 6.42 Å². The van der Waals surface area contributed by atoms with Crippen LogP contribution in [0.3, 0.4) is 0 Å². The number of carbonyl (C=O) groups excluding carboxylic acids is 3. The molecule has 2 atom stereocenters. The minimum absolute atomic E-state index is 0.0647. The van der Waals surface area contributed by atoms with Crippen LogP contribution < -0.4 is 0 Å². The lowest BCUT2D eigenvalue weighted by molar-refractivity contribution is -0.147. The van der Waals surface area contributed by atoms with Gasteiger partial charge >= 0.3 is 18.0 Å². The smallest absolute Gasteiger partial charge is 0.411 e. The fourth-order valence-electron chi connectivity index (χ4n) is 4.45. The third-order valence-corrected chi connectivity index (χ3v) is 6.23. The number of aryl methyl sites for hydroxylation is 1. The summed E-state index contributed by atoms with van der Waals surface area (Å²) in [4.78, 5) is 37.1. The lowest BCUT2D eigenvalue weighted by atomic mass is 9.84. The van der Waals surface area contributed by atoms with Crippen molar-refractivity contribution in [2.24, 2.45) is 5.92 Å². The van der Waals surface area contributed by atoms with Gasteiger partial charge in [-0.3, -0.25) is 9.69 Å². The van der Waals surface area contributed by atoms with Crippen LogP contribution in [0.2, 0.25) is 0 Å². The summed E-state index contributed by atoms with van der Waals surface area (Å²) in [7, 11) is 2.79. The SMILES string of the molecule is COC(=O)C1CCc2ccccc2C1.COC(=O)C1Cc2ccccc2CN1C(=O)OC(C)(C)C. The normalized spacial score (nSPS) is 18.7. The zero-order chi connectivity index (χ0) is 25.6. The molecule has 0 bridgehead atoms. The Kier molecular flexibility index (Phi) is 8.54. The van der Waals surface area contributed by atoms with E-state index in [0.29, 0.717) is 13.0 Å². The first-order valence-corrected chi connectivity index (χ1v) is 11.9. The van der Waals surface area contributed by atoms with Crippen LogP contribution in [0, 0.1) is 5.92 Å². The van der Waals surface area contributed by atoms with Crippen molar-refractivity contribution in [2.75, 3.05) is 14.2 Å². The highest BCUT2D eigenvalue weighted by Gasteiger charge is 2.37. The summed E-state index contributed by atoms with van der Waals surface area (Å²) in [5.74, 6) is -0.426. The minimum Gasteiger partial charge on any atom is -0.469 e. The van der Waals surface area contributed by atoms with Crippen LogP contribution in [0.4, 0.5) is 4.79 Å². The van der Waals surface area contributed by atoms with E-state index in [4.69, 9.17) is 14.2 Å². The van der Waals surface area contributed by atoms with Crippen LogP contribution >= 0.6 is 0 Å². The molecule has 0 radical (unpaired) electrons. The molecule has 188 valence electrons. The number of amides is 1. The van der Waals surface area contributed by atoms with Crippen LogP contribution in [0.1, 0.15) is 49.4 Å². The molecule has 2 aromatic carbocycles. The molecule has 1 amide bonds. The van der Waals surface area contributed by atoms with Gasteiger partial charge in [0.25, 0.3) is 0 Å². The summed E-state index contributed by atoms with van der Waals surface area (Å²) in [6.45, 7) is 5.76. The maximum absolute atomic E-state index is 12.4. The Morgan fingerprint density at radius 2 is 1.34 bits per heavy atom. The number of hydrogen-bond acceptors (Lipinski definition) is 6. The first kappa shape index (κ1) is 26.3. The molecule has 1 aliphatic heterocycles. The molecule has 0 aromatic heterocycles. The lowest BCUT2D eigenvalue weighted by Crippen LogP contribution is -2.50. The minimum atomic E-state index is -0.639. The average Bonchev–Trinajstić information content (AvgIpc) is 2.86. The molecular formula is C28H35NO6. The highest BCUT2D eigenvalue weighted by Crippen LogP contribution is 2.27. The predicted molar refractivity (Wildman–Crippen MR) is 132 cm³/mol. The molecule has 2 aromatic rings. The molecule has 1 aliphatic carbocycles. The Labute approximate surface area is 207 Å². The van der Waals surface area contributed by atoms with Crippen molar-refractivity contribution in [1.29, 1.82) is 0 Å². The number of nitrogens with zero attached hydrogens (tertiary/aromatic N) is 1. The van der Waals surface area contributed by atoms with Crippen LogP contribution in [-0.4, -0.2) is 48.8 Å². The molecule has 0 spiro atoms. The average molecular weight is 482 g/mol. The van der Waals surface area contributed by atoms with Gasteiger partial charge in [-0.05, 0) is 62.3 Å². The van der Waals surface area contributed by atoms with Gasteiger partial charge in [0.05, 0.1) is 26.7 Å². The highest BCUT2D eigenvalue weighted by atomic mass is 16.6. The molecule has 7 nitrogen and oxygen atoms in total. The van der Waals surface area contributed by atoms with Gasteiger partial charge in [-0.1, -0.05) is 48.5 Å². The maximum Gasteiger partial charge on any atom is 0.411 e. The van der Waals surface area contributed by atoms with E-state index in [2.05, 4.69) is 18.2 Å². The standard InChI is InChI=1S/C16H21NO4.C12H14O2/c1-16(2,3)21-15(19)17-10-12-8-6-5-7-11(12)9-13(17)14(18)20-4;1-14-12(13)11-7-6-9-4-2-3-5-10(9)8-11/h5-8,13H,9-10H2,1-4H3;2-5,11H,6-8H2,1H3. The molecule has 0 fully saturated rings. The van der Waals surface area contributed by atoms with Gasteiger partial charge in [-0.2, -0.15) is 0 Å². The van der Waals surface area contributed by atoms with E-state index < -0.39 is 23.7 Å².